The van der Waals surface area contributed by atoms with Crippen LogP contribution in [0.3, 0.4) is 0 Å². The average molecular weight is 409 g/mol. The third kappa shape index (κ3) is 4.25. The molecule has 0 amide bonds. The number of nitrogens with zero attached hydrogens (tertiary/aromatic N) is 1. The third-order valence-electron chi connectivity index (χ3n) is 2.20. The molecule has 112 valence electrons. The molecule has 0 aliphatic heterocycles. The van der Waals surface area contributed by atoms with Crippen LogP contribution in [-0.4, -0.2) is 17.6 Å². The molecular weight excluding hydrogens is 400 g/mol. The first-order valence-corrected chi connectivity index (χ1v) is 6.45. The number of esters is 1. The molecular formula is C11H9F5INO2. The van der Waals surface area contributed by atoms with Crippen LogP contribution >= 0.6 is 22.6 Å². The minimum absolute atomic E-state index is 0.0546. The fourth-order valence-electron chi connectivity index (χ4n) is 1.41. The number of rotatable bonds is 4. The highest BCUT2D eigenvalue weighted by Crippen LogP contribution is 2.36. The SMILES string of the molecule is CCOC(=O)Cc1nc(C(F)(F)F)c(C(F)F)cc1I. The fraction of sp³-hybridized carbons (Fsp3) is 0.455. The predicted molar refractivity (Wildman–Crippen MR) is 67.3 cm³/mol. The Hall–Kier alpha value is -1.00. The van der Waals surface area contributed by atoms with E-state index >= 15 is 0 Å². The number of carbonyl (C=O) groups is 1. The van der Waals surface area contributed by atoms with Crippen LogP contribution in [0.4, 0.5) is 22.0 Å². The lowest BCUT2D eigenvalue weighted by molar-refractivity contribution is -0.145. The Morgan fingerprint density at radius 2 is 2.05 bits per heavy atom. The molecule has 0 aliphatic rings. The Balaban J connectivity index is 3.25. The first-order chi connectivity index (χ1) is 9.16. The van der Waals surface area contributed by atoms with Crippen molar-refractivity contribution in [3.05, 3.63) is 26.6 Å². The van der Waals surface area contributed by atoms with Gasteiger partial charge in [0.2, 0.25) is 0 Å². The number of alkyl halides is 5. The second kappa shape index (κ2) is 6.64. The highest BCUT2D eigenvalue weighted by Gasteiger charge is 2.38. The molecule has 0 aliphatic carbocycles. The summed E-state index contributed by atoms with van der Waals surface area (Å²) in [5.41, 5.74) is -3.11. The van der Waals surface area contributed by atoms with Crippen molar-refractivity contribution >= 4 is 28.6 Å². The van der Waals surface area contributed by atoms with E-state index in [2.05, 4.69) is 9.72 Å². The molecule has 0 aromatic carbocycles. The Kier molecular flexibility index (Phi) is 5.66. The quantitative estimate of drug-likeness (QED) is 0.432. The van der Waals surface area contributed by atoms with Crippen LogP contribution < -0.4 is 0 Å². The van der Waals surface area contributed by atoms with Crippen molar-refractivity contribution < 1.29 is 31.5 Å². The first-order valence-electron chi connectivity index (χ1n) is 5.37. The van der Waals surface area contributed by atoms with Gasteiger partial charge in [0, 0.05) is 9.13 Å². The summed E-state index contributed by atoms with van der Waals surface area (Å²) in [5.74, 6) is -0.768. The van der Waals surface area contributed by atoms with Crippen molar-refractivity contribution in [2.75, 3.05) is 6.61 Å². The van der Waals surface area contributed by atoms with Crippen LogP contribution in [0.15, 0.2) is 6.07 Å². The van der Waals surface area contributed by atoms with Crippen molar-refractivity contribution in [1.82, 2.24) is 4.98 Å². The summed E-state index contributed by atoms with van der Waals surface area (Å²) < 4.78 is 68.0. The zero-order chi connectivity index (χ0) is 15.5. The monoisotopic (exact) mass is 409 g/mol. The number of carbonyl (C=O) groups excluding carboxylic acids is 1. The predicted octanol–water partition coefficient (Wildman–Crippen LogP) is 3.75. The van der Waals surface area contributed by atoms with Gasteiger partial charge >= 0.3 is 12.1 Å². The lowest BCUT2D eigenvalue weighted by Gasteiger charge is -2.14. The topological polar surface area (TPSA) is 39.2 Å². The maximum Gasteiger partial charge on any atom is 0.433 e. The molecule has 1 aromatic heterocycles. The molecule has 1 aromatic rings. The van der Waals surface area contributed by atoms with E-state index in [1.165, 1.54) is 6.92 Å². The van der Waals surface area contributed by atoms with Gasteiger partial charge in [0.05, 0.1) is 18.7 Å². The summed E-state index contributed by atoms with van der Waals surface area (Å²) in [6.45, 7) is 1.61. The highest BCUT2D eigenvalue weighted by atomic mass is 127. The Morgan fingerprint density at radius 1 is 1.45 bits per heavy atom. The van der Waals surface area contributed by atoms with E-state index in [0.717, 1.165) is 0 Å². The number of hydrogen-bond acceptors (Lipinski definition) is 3. The van der Waals surface area contributed by atoms with Crippen molar-refractivity contribution in [1.29, 1.82) is 0 Å². The molecule has 0 saturated carbocycles. The van der Waals surface area contributed by atoms with Gasteiger partial charge in [-0.15, -0.1) is 0 Å². The van der Waals surface area contributed by atoms with E-state index in [0.29, 0.717) is 6.07 Å². The second-order valence-corrected chi connectivity index (χ2v) is 4.80. The number of halogens is 6. The van der Waals surface area contributed by atoms with Gasteiger partial charge in [0.25, 0.3) is 6.43 Å². The summed E-state index contributed by atoms with van der Waals surface area (Å²) in [7, 11) is 0. The third-order valence-corrected chi connectivity index (χ3v) is 3.13. The van der Waals surface area contributed by atoms with Crippen LogP contribution in [0.5, 0.6) is 0 Å². The summed E-state index contributed by atoms with van der Waals surface area (Å²) in [6.07, 6.45) is -8.82. The largest absolute Gasteiger partial charge is 0.466 e. The minimum atomic E-state index is -5.01. The summed E-state index contributed by atoms with van der Waals surface area (Å²) in [5, 5.41) is 0. The zero-order valence-corrected chi connectivity index (χ0v) is 12.3. The van der Waals surface area contributed by atoms with Crippen LogP contribution in [0.25, 0.3) is 0 Å². The Labute approximate surface area is 124 Å². The van der Waals surface area contributed by atoms with E-state index in [1.54, 1.807) is 22.6 Å². The molecule has 0 radical (unpaired) electrons. The highest BCUT2D eigenvalue weighted by molar-refractivity contribution is 14.1. The van der Waals surface area contributed by atoms with Gasteiger partial charge in [-0.1, -0.05) is 0 Å². The smallest absolute Gasteiger partial charge is 0.433 e. The molecule has 0 saturated heterocycles. The van der Waals surface area contributed by atoms with Crippen molar-refractivity contribution in [2.45, 2.75) is 25.9 Å². The van der Waals surface area contributed by atoms with E-state index in [4.69, 9.17) is 0 Å². The van der Waals surface area contributed by atoms with Crippen LogP contribution in [0.1, 0.15) is 30.3 Å². The number of ether oxygens (including phenoxy) is 1. The van der Waals surface area contributed by atoms with Gasteiger partial charge in [0.1, 0.15) is 0 Å². The molecule has 0 bridgehead atoms. The zero-order valence-electron chi connectivity index (χ0n) is 10.1. The van der Waals surface area contributed by atoms with Gasteiger partial charge in [-0.2, -0.15) is 13.2 Å². The maximum atomic E-state index is 12.7. The maximum absolute atomic E-state index is 12.7. The van der Waals surface area contributed by atoms with E-state index in [-0.39, 0.29) is 15.9 Å². The minimum Gasteiger partial charge on any atom is -0.466 e. The van der Waals surface area contributed by atoms with Crippen LogP contribution in [0.2, 0.25) is 0 Å². The molecule has 9 heteroatoms. The number of pyridine rings is 1. The molecule has 1 rings (SSSR count). The molecule has 0 unspecified atom stereocenters. The standard InChI is InChI=1S/C11H9F5INO2/c1-2-20-8(19)4-7-6(17)3-5(10(12)13)9(18-7)11(14,15)16/h3,10H,2,4H2,1H3. The van der Waals surface area contributed by atoms with Gasteiger partial charge in [-0.25, -0.2) is 13.8 Å². The Morgan fingerprint density at radius 3 is 2.50 bits per heavy atom. The van der Waals surface area contributed by atoms with Gasteiger partial charge in [0.15, 0.2) is 5.69 Å². The molecule has 0 spiro atoms. The first kappa shape index (κ1) is 17.1. The van der Waals surface area contributed by atoms with Gasteiger partial charge < -0.3 is 4.74 Å². The molecule has 3 nitrogen and oxygen atoms in total. The molecule has 0 atom stereocenters. The Bertz CT molecular complexity index is 504. The van der Waals surface area contributed by atoms with Crippen LogP contribution in [0, 0.1) is 3.57 Å². The summed E-state index contributed by atoms with van der Waals surface area (Å²) in [4.78, 5) is 14.4. The second-order valence-electron chi connectivity index (χ2n) is 3.63. The number of aromatic nitrogens is 1. The van der Waals surface area contributed by atoms with Gasteiger partial charge in [-0.3, -0.25) is 4.79 Å². The lowest BCUT2D eigenvalue weighted by Crippen LogP contribution is -2.17. The summed E-state index contributed by atoms with van der Waals surface area (Å²) >= 11 is 1.55. The van der Waals surface area contributed by atoms with Gasteiger partial charge in [-0.05, 0) is 35.6 Å². The lowest BCUT2D eigenvalue weighted by atomic mass is 10.1. The summed E-state index contributed by atoms with van der Waals surface area (Å²) in [6, 6.07) is 0.690. The van der Waals surface area contributed by atoms with E-state index < -0.39 is 36.2 Å². The molecule has 0 fully saturated rings. The average Bonchev–Trinajstić information content (AvgIpc) is 2.29. The van der Waals surface area contributed by atoms with Crippen molar-refractivity contribution in [3.8, 4) is 0 Å². The molecule has 1 heterocycles. The van der Waals surface area contributed by atoms with E-state index in [1.807, 2.05) is 0 Å². The molecule has 0 N–H and O–H groups in total. The normalized spacial score (nSPS) is 11.8. The van der Waals surface area contributed by atoms with Crippen LogP contribution in [-0.2, 0) is 22.1 Å². The van der Waals surface area contributed by atoms with E-state index in [9.17, 15) is 26.7 Å². The van der Waals surface area contributed by atoms with Crippen molar-refractivity contribution in [2.24, 2.45) is 0 Å². The molecule has 20 heavy (non-hydrogen) atoms. The number of hydrogen-bond donors (Lipinski definition) is 0. The van der Waals surface area contributed by atoms with Crippen molar-refractivity contribution in [3.63, 3.8) is 0 Å². The fourth-order valence-corrected chi connectivity index (χ4v) is 2.05.